The lowest BCUT2D eigenvalue weighted by atomic mass is 10.5. The smallest absolute Gasteiger partial charge is 0.306 e. The number of rotatable bonds is 5. The first-order chi connectivity index (χ1) is 5.21. The van der Waals surface area contributed by atoms with E-state index < -0.39 is 23.6 Å². The summed E-state index contributed by atoms with van der Waals surface area (Å²) in [5.74, 6) is -0.521. The summed E-state index contributed by atoms with van der Waals surface area (Å²) < 4.78 is 54.9. The molecule has 74 valence electrons. The van der Waals surface area contributed by atoms with Crippen molar-refractivity contribution in [3.05, 3.63) is 0 Å². The van der Waals surface area contributed by atoms with Crippen LogP contribution < -0.4 is 0 Å². The minimum absolute atomic E-state index is 0.0828. The monoisotopic (exact) mass is 220 g/mol. The Morgan fingerprint density at radius 3 is 2.42 bits per heavy atom. The number of hydrogen-bond acceptors (Lipinski definition) is 4. The van der Waals surface area contributed by atoms with Crippen molar-refractivity contribution in [2.24, 2.45) is 0 Å². The van der Waals surface area contributed by atoms with Gasteiger partial charge in [-0.1, -0.05) is 0 Å². The average Bonchev–Trinajstić information content (AvgIpc) is 1.76. The normalized spacial score (nSPS) is 17.2. The standard InChI is InChI=1S/C4H10FO5PS/c1-11(5,6)10-3-2-4-12(7,8)9/h2-4H2,1H3,(H,7,8,9). The fourth-order valence-corrected chi connectivity index (χ4v) is 1.41. The molecule has 0 aliphatic carbocycles. The van der Waals surface area contributed by atoms with E-state index in [-0.39, 0.29) is 13.0 Å². The Morgan fingerprint density at radius 1 is 1.58 bits per heavy atom. The van der Waals surface area contributed by atoms with Crippen molar-refractivity contribution in [1.82, 2.24) is 0 Å². The zero-order valence-electron chi connectivity index (χ0n) is 6.43. The third-order valence-electron chi connectivity index (χ3n) is 0.869. The van der Waals surface area contributed by atoms with Gasteiger partial charge < -0.3 is 4.52 Å². The van der Waals surface area contributed by atoms with Crippen LogP contribution in [0.3, 0.4) is 0 Å². The molecule has 0 aliphatic heterocycles. The quantitative estimate of drug-likeness (QED) is 0.426. The summed E-state index contributed by atoms with van der Waals surface area (Å²) in [6.07, 6.45) is -0.0828. The summed E-state index contributed by atoms with van der Waals surface area (Å²) in [6.45, 7) is 0.491. The molecule has 1 atom stereocenters. The highest BCUT2D eigenvalue weighted by atomic mass is 32.2. The summed E-state index contributed by atoms with van der Waals surface area (Å²) in [5.41, 5.74) is 0. The molecule has 0 aromatic heterocycles. The molecule has 0 spiro atoms. The first kappa shape index (κ1) is 12.0. The van der Waals surface area contributed by atoms with Crippen molar-refractivity contribution in [2.75, 3.05) is 19.0 Å². The topological polar surface area (TPSA) is 80.7 Å². The fourth-order valence-electron chi connectivity index (χ4n) is 0.469. The molecular weight excluding hydrogens is 210 g/mol. The molecule has 0 aliphatic rings. The molecule has 1 unspecified atom stereocenters. The van der Waals surface area contributed by atoms with E-state index in [1.54, 1.807) is 0 Å². The van der Waals surface area contributed by atoms with E-state index in [0.29, 0.717) is 0 Å². The van der Waals surface area contributed by atoms with Gasteiger partial charge in [-0.05, 0) is 6.42 Å². The maximum atomic E-state index is 12.1. The molecule has 0 amide bonds. The highest BCUT2D eigenvalue weighted by molar-refractivity contribution is 7.85. The zero-order chi connectivity index (χ0) is 9.83. The minimum atomic E-state index is -4.03. The summed E-state index contributed by atoms with van der Waals surface area (Å²) >= 11 is 0. The summed E-state index contributed by atoms with van der Waals surface area (Å²) in [5, 5.41) is 0. The Morgan fingerprint density at radius 2 is 2.08 bits per heavy atom. The molecule has 0 bridgehead atoms. The average molecular weight is 220 g/mol. The molecule has 0 aromatic carbocycles. The molecule has 0 saturated heterocycles. The lowest BCUT2D eigenvalue weighted by Gasteiger charge is -2.02. The molecule has 1 N–H and O–H groups in total. The van der Waals surface area contributed by atoms with Crippen molar-refractivity contribution < 1.29 is 26.3 Å². The molecule has 8 heteroatoms. The van der Waals surface area contributed by atoms with Gasteiger partial charge in [0, 0.05) is 6.66 Å². The van der Waals surface area contributed by atoms with Gasteiger partial charge in [-0.25, -0.2) is 0 Å². The molecule has 5 nitrogen and oxygen atoms in total. The van der Waals surface area contributed by atoms with Crippen LogP contribution in [-0.4, -0.2) is 32.0 Å². The molecular formula is C4H10FO5PS. The van der Waals surface area contributed by atoms with Gasteiger partial charge in [0.1, 0.15) is 0 Å². The molecule has 0 fully saturated rings. The first-order valence-electron chi connectivity index (χ1n) is 3.07. The lowest BCUT2D eigenvalue weighted by molar-refractivity contribution is 0.290. The van der Waals surface area contributed by atoms with E-state index in [2.05, 4.69) is 4.52 Å². The predicted molar refractivity (Wildman–Crippen MR) is 41.6 cm³/mol. The minimum Gasteiger partial charge on any atom is -0.306 e. The van der Waals surface area contributed by atoms with Crippen molar-refractivity contribution in [2.45, 2.75) is 6.42 Å². The molecule has 0 heterocycles. The predicted octanol–water partition coefficient (Wildman–Crippen LogP) is 1.07. The van der Waals surface area contributed by atoms with Crippen molar-refractivity contribution in [3.63, 3.8) is 0 Å². The molecule has 0 aromatic rings. The van der Waals surface area contributed by atoms with Crippen LogP contribution in [0, 0.1) is 0 Å². The van der Waals surface area contributed by atoms with E-state index in [0.717, 1.165) is 6.66 Å². The van der Waals surface area contributed by atoms with Gasteiger partial charge in [0.05, 0.1) is 12.4 Å². The maximum absolute atomic E-state index is 12.1. The fraction of sp³-hybridized carbons (Fsp3) is 1.00. The van der Waals surface area contributed by atoms with Crippen LogP contribution >= 0.6 is 7.68 Å². The van der Waals surface area contributed by atoms with E-state index in [4.69, 9.17) is 4.55 Å². The third kappa shape index (κ3) is 10.0. The highest BCUT2D eigenvalue weighted by Gasteiger charge is 2.13. The lowest BCUT2D eigenvalue weighted by Crippen LogP contribution is -2.06. The highest BCUT2D eigenvalue weighted by Crippen LogP contribution is 2.43. The van der Waals surface area contributed by atoms with Crippen molar-refractivity contribution in [1.29, 1.82) is 0 Å². The van der Waals surface area contributed by atoms with Crippen LogP contribution in [0.15, 0.2) is 0 Å². The van der Waals surface area contributed by atoms with Gasteiger partial charge in [-0.3, -0.25) is 9.12 Å². The summed E-state index contributed by atoms with van der Waals surface area (Å²) in [4.78, 5) is 0. The molecule has 0 saturated carbocycles. The second kappa shape index (κ2) is 4.32. The van der Waals surface area contributed by atoms with E-state index in [1.165, 1.54) is 0 Å². The second-order valence-electron chi connectivity index (χ2n) is 2.22. The van der Waals surface area contributed by atoms with Gasteiger partial charge in [-0.15, -0.1) is 0 Å². The molecule has 0 rings (SSSR count). The van der Waals surface area contributed by atoms with Gasteiger partial charge in [0.2, 0.25) is 0 Å². The van der Waals surface area contributed by atoms with Gasteiger partial charge >= 0.3 is 7.68 Å². The molecule has 0 radical (unpaired) electrons. The van der Waals surface area contributed by atoms with Crippen molar-refractivity contribution >= 4 is 17.8 Å². The van der Waals surface area contributed by atoms with E-state index in [9.17, 15) is 17.2 Å². The Kier molecular flexibility index (Phi) is 4.33. The van der Waals surface area contributed by atoms with Crippen LogP contribution in [0.4, 0.5) is 4.20 Å². The van der Waals surface area contributed by atoms with Crippen LogP contribution in [0.2, 0.25) is 0 Å². The number of hydrogen-bond donors (Lipinski definition) is 1. The van der Waals surface area contributed by atoms with Crippen LogP contribution in [0.5, 0.6) is 0 Å². The largest absolute Gasteiger partial charge is 0.364 e. The van der Waals surface area contributed by atoms with Gasteiger partial charge in [0.15, 0.2) is 0 Å². The van der Waals surface area contributed by atoms with Gasteiger partial charge in [0.25, 0.3) is 10.1 Å². The Balaban J connectivity index is 3.55. The first-order valence-corrected chi connectivity index (χ1v) is 6.65. The molecule has 12 heavy (non-hydrogen) atoms. The third-order valence-corrected chi connectivity index (χ3v) is 2.32. The van der Waals surface area contributed by atoms with Crippen LogP contribution in [0.1, 0.15) is 6.42 Å². The van der Waals surface area contributed by atoms with E-state index >= 15 is 0 Å². The van der Waals surface area contributed by atoms with E-state index in [1.807, 2.05) is 0 Å². The zero-order valence-corrected chi connectivity index (χ0v) is 8.15. The van der Waals surface area contributed by atoms with Crippen molar-refractivity contribution in [3.8, 4) is 0 Å². The Bertz CT molecular complexity index is 267. The maximum Gasteiger partial charge on any atom is 0.364 e. The second-order valence-corrected chi connectivity index (χ2v) is 5.54. The summed E-state index contributed by atoms with van der Waals surface area (Å²) in [6, 6.07) is 0. The Hall–Kier alpha value is 0.0300. The SMILES string of the molecule is CP(=O)(F)OCCCS(=O)(=O)O. The van der Waals surface area contributed by atoms with Gasteiger partial charge in [-0.2, -0.15) is 12.6 Å². The number of halogens is 1. The summed E-state index contributed by atoms with van der Waals surface area (Å²) in [7, 11) is -8.06. The van der Waals surface area contributed by atoms with Crippen LogP contribution in [-0.2, 0) is 19.2 Å². The Labute approximate surface area is 70.2 Å². The van der Waals surface area contributed by atoms with Crippen LogP contribution in [0.25, 0.3) is 0 Å².